The number of hydrogen-bond donors (Lipinski definition) is 1. The van der Waals surface area contributed by atoms with Crippen molar-refractivity contribution in [2.45, 2.75) is 78.4 Å². The average molecular weight is 266 g/mol. The summed E-state index contributed by atoms with van der Waals surface area (Å²) >= 11 is 0. The van der Waals surface area contributed by atoms with E-state index in [0.717, 1.165) is 19.3 Å². The molecule has 0 saturated heterocycles. The lowest BCUT2D eigenvalue weighted by molar-refractivity contribution is 0.0828. The minimum atomic E-state index is -0.296. The van der Waals surface area contributed by atoms with Gasteiger partial charge in [0.15, 0.2) is 0 Å². The van der Waals surface area contributed by atoms with Crippen LogP contribution in [0.15, 0.2) is 0 Å². The zero-order valence-corrected chi connectivity index (χ0v) is 12.7. The molecule has 0 fully saturated rings. The lowest BCUT2D eigenvalue weighted by atomic mass is 10.1. The number of amides is 1. The van der Waals surface area contributed by atoms with Crippen molar-refractivity contribution in [2.24, 2.45) is 0 Å². The van der Waals surface area contributed by atoms with Crippen LogP contribution in [0, 0.1) is 0 Å². The minimum Gasteiger partial charge on any atom is -0.446 e. The predicted molar refractivity (Wildman–Crippen MR) is 74.8 cm³/mol. The molecule has 3 nitrogen and oxygen atoms in total. The van der Waals surface area contributed by atoms with E-state index in [9.17, 15) is 4.79 Å². The topological polar surface area (TPSA) is 38.3 Å². The highest BCUT2D eigenvalue weighted by atomic mass is 35.5. The Hall–Kier alpha value is -0.440. The van der Waals surface area contributed by atoms with Gasteiger partial charge in [0, 0.05) is 5.54 Å². The molecule has 0 heterocycles. The predicted octanol–water partition coefficient (Wildman–Crippen LogP) is 4.29. The van der Waals surface area contributed by atoms with Gasteiger partial charge in [-0.05, 0) is 40.0 Å². The zero-order chi connectivity index (χ0) is 12.6. The molecule has 0 spiro atoms. The number of unbranched alkanes of at least 4 members (excludes halogenated alkanes) is 2. The molecule has 0 saturated carbocycles. The lowest BCUT2D eigenvalue weighted by Crippen LogP contribution is -2.42. The molecular weight excluding hydrogens is 238 g/mol. The second kappa shape index (κ2) is 9.58. The molecule has 0 bridgehead atoms. The molecule has 4 heteroatoms. The van der Waals surface area contributed by atoms with Crippen LogP contribution in [-0.4, -0.2) is 17.7 Å². The van der Waals surface area contributed by atoms with Gasteiger partial charge < -0.3 is 10.1 Å². The molecule has 0 aromatic carbocycles. The van der Waals surface area contributed by atoms with Gasteiger partial charge in [-0.25, -0.2) is 4.79 Å². The van der Waals surface area contributed by atoms with Gasteiger partial charge >= 0.3 is 6.09 Å². The van der Waals surface area contributed by atoms with Crippen LogP contribution in [0.3, 0.4) is 0 Å². The van der Waals surface area contributed by atoms with Crippen molar-refractivity contribution >= 4 is 18.5 Å². The van der Waals surface area contributed by atoms with E-state index in [4.69, 9.17) is 4.74 Å². The number of halogens is 1. The first-order valence-corrected chi connectivity index (χ1v) is 6.37. The third-order valence-corrected chi connectivity index (χ3v) is 2.34. The van der Waals surface area contributed by atoms with Crippen molar-refractivity contribution in [3.05, 3.63) is 0 Å². The number of carbonyl (C=O) groups is 1. The smallest absolute Gasteiger partial charge is 0.407 e. The molecule has 0 aliphatic carbocycles. The van der Waals surface area contributed by atoms with Crippen molar-refractivity contribution < 1.29 is 9.53 Å². The van der Waals surface area contributed by atoms with E-state index < -0.39 is 0 Å². The van der Waals surface area contributed by atoms with Gasteiger partial charge in [-0.15, -0.1) is 12.4 Å². The number of alkyl carbamates (subject to hydrolysis) is 1. The van der Waals surface area contributed by atoms with E-state index in [1.165, 1.54) is 12.8 Å². The SMILES string of the molecule is CCCCCC(CC)OC(=O)NC(C)(C)C.Cl. The maximum absolute atomic E-state index is 11.5. The highest BCUT2D eigenvalue weighted by Crippen LogP contribution is 2.11. The highest BCUT2D eigenvalue weighted by Gasteiger charge is 2.17. The van der Waals surface area contributed by atoms with Crippen LogP contribution >= 0.6 is 12.4 Å². The second-order valence-corrected chi connectivity index (χ2v) is 5.31. The number of ether oxygens (including phenoxy) is 1. The van der Waals surface area contributed by atoms with Crippen molar-refractivity contribution in [2.75, 3.05) is 0 Å². The molecule has 1 unspecified atom stereocenters. The minimum absolute atomic E-state index is 0. The molecule has 1 N–H and O–H groups in total. The summed E-state index contributed by atoms with van der Waals surface area (Å²) in [4.78, 5) is 11.5. The van der Waals surface area contributed by atoms with Gasteiger partial charge in [0.1, 0.15) is 6.10 Å². The van der Waals surface area contributed by atoms with E-state index in [-0.39, 0.29) is 30.1 Å². The Morgan fingerprint density at radius 2 is 1.82 bits per heavy atom. The summed E-state index contributed by atoms with van der Waals surface area (Å²) in [6.07, 6.45) is 5.18. The Kier molecular flexibility index (Phi) is 10.7. The van der Waals surface area contributed by atoms with Crippen LogP contribution in [0.5, 0.6) is 0 Å². The fourth-order valence-corrected chi connectivity index (χ4v) is 1.46. The van der Waals surface area contributed by atoms with Crippen LogP contribution in [-0.2, 0) is 4.74 Å². The summed E-state index contributed by atoms with van der Waals surface area (Å²) in [6, 6.07) is 0. The van der Waals surface area contributed by atoms with Crippen LogP contribution in [0.2, 0.25) is 0 Å². The van der Waals surface area contributed by atoms with Gasteiger partial charge in [0.25, 0.3) is 0 Å². The standard InChI is InChI=1S/C13H27NO2.ClH/c1-6-8-9-10-11(7-2)16-12(15)14-13(3,4)5;/h11H,6-10H2,1-5H3,(H,14,15);1H. The molecule has 104 valence electrons. The Balaban J connectivity index is 0. The second-order valence-electron chi connectivity index (χ2n) is 5.31. The van der Waals surface area contributed by atoms with Gasteiger partial charge in [0.05, 0.1) is 0 Å². The van der Waals surface area contributed by atoms with Gasteiger partial charge in [-0.1, -0.05) is 26.7 Å². The van der Waals surface area contributed by atoms with Crippen molar-refractivity contribution in [1.29, 1.82) is 0 Å². The number of rotatable bonds is 6. The van der Waals surface area contributed by atoms with Gasteiger partial charge in [0.2, 0.25) is 0 Å². The van der Waals surface area contributed by atoms with E-state index in [1.807, 2.05) is 20.8 Å². The Labute approximate surface area is 112 Å². The molecule has 0 aliphatic heterocycles. The fraction of sp³-hybridized carbons (Fsp3) is 0.923. The van der Waals surface area contributed by atoms with Gasteiger partial charge in [-0.2, -0.15) is 0 Å². The summed E-state index contributed by atoms with van der Waals surface area (Å²) in [5, 5.41) is 2.81. The number of nitrogens with one attached hydrogen (secondary N) is 1. The highest BCUT2D eigenvalue weighted by molar-refractivity contribution is 5.85. The van der Waals surface area contributed by atoms with E-state index in [1.54, 1.807) is 0 Å². The Morgan fingerprint density at radius 3 is 2.24 bits per heavy atom. The molecule has 0 aromatic heterocycles. The maximum atomic E-state index is 11.5. The fourth-order valence-electron chi connectivity index (χ4n) is 1.46. The molecule has 0 rings (SSSR count). The third kappa shape index (κ3) is 11.8. The Bertz CT molecular complexity index is 202. The summed E-state index contributed by atoms with van der Waals surface area (Å²) < 4.78 is 5.37. The first-order valence-electron chi connectivity index (χ1n) is 6.37. The van der Waals surface area contributed by atoms with Crippen molar-refractivity contribution in [1.82, 2.24) is 5.32 Å². The first kappa shape index (κ1) is 18.9. The van der Waals surface area contributed by atoms with Crippen LogP contribution < -0.4 is 5.32 Å². The molecule has 0 aromatic rings. The van der Waals surface area contributed by atoms with Crippen molar-refractivity contribution in [3.63, 3.8) is 0 Å². The molecule has 0 aliphatic rings. The largest absolute Gasteiger partial charge is 0.446 e. The summed E-state index contributed by atoms with van der Waals surface area (Å²) in [7, 11) is 0. The maximum Gasteiger partial charge on any atom is 0.407 e. The van der Waals surface area contributed by atoms with E-state index in [2.05, 4.69) is 19.2 Å². The summed E-state index contributed by atoms with van der Waals surface area (Å²) in [6.45, 7) is 10.1. The summed E-state index contributed by atoms with van der Waals surface area (Å²) in [5.41, 5.74) is -0.223. The van der Waals surface area contributed by atoms with Crippen LogP contribution in [0.25, 0.3) is 0 Å². The van der Waals surface area contributed by atoms with Gasteiger partial charge in [-0.3, -0.25) is 0 Å². The number of carbonyl (C=O) groups excluding carboxylic acids is 1. The Morgan fingerprint density at radius 1 is 1.24 bits per heavy atom. The molecule has 1 amide bonds. The summed E-state index contributed by atoms with van der Waals surface area (Å²) in [5.74, 6) is 0. The zero-order valence-electron chi connectivity index (χ0n) is 11.8. The van der Waals surface area contributed by atoms with Crippen LogP contribution in [0.1, 0.15) is 66.7 Å². The monoisotopic (exact) mass is 265 g/mol. The quantitative estimate of drug-likeness (QED) is 0.728. The third-order valence-electron chi connectivity index (χ3n) is 2.34. The van der Waals surface area contributed by atoms with E-state index >= 15 is 0 Å². The van der Waals surface area contributed by atoms with Crippen molar-refractivity contribution in [3.8, 4) is 0 Å². The molecule has 17 heavy (non-hydrogen) atoms. The average Bonchev–Trinajstić information content (AvgIpc) is 2.13. The molecule has 1 atom stereocenters. The molecule has 0 radical (unpaired) electrons. The number of hydrogen-bond acceptors (Lipinski definition) is 2. The molecular formula is C13H28ClNO2. The van der Waals surface area contributed by atoms with Crippen LogP contribution in [0.4, 0.5) is 4.79 Å². The van der Waals surface area contributed by atoms with E-state index in [0.29, 0.717) is 0 Å². The lowest BCUT2D eigenvalue weighted by Gasteiger charge is -2.23. The normalized spacial score (nSPS) is 12.5. The first-order chi connectivity index (χ1) is 7.39.